The number of ether oxygens (including phenoxy) is 1. The highest BCUT2D eigenvalue weighted by molar-refractivity contribution is 8.02. The zero-order valence-electron chi connectivity index (χ0n) is 20.8. The van der Waals surface area contributed by atoms with Gasteiger partial charge in [-0.15, -0.1) is 11.8 Å². The first-order chi connectivity index (χ1) is 17.4. The number of hydrogen-bond acceptors (Lipinski definition) is 7. The third-order valence-corrected chi connectivity index (χ3v) is 10.3. The summed E-state index contributed by atoms with van der Waals surface area (Å²) in [5.41, 5.74) is 0.999. The van der Waals surface area contributed by atoms with E-state index >= 15 is 0 Å². The van der Waals surface area contributed by atoms with Crippen molar-refractivity contribution in [2.45, 2.75) is 41.8 Å². The highest BCUT2D eigenvalue weighted by Gasteiger charge is 2.76. The van der Waals surface area contributed by atoms with Crippen LogP contribution >= 0.6 is 11.8 Å². The Kier molecular flexibility index (Phi) is 7.31. The molecule has 1 spiro atoms. The van der Waals surface area contributed by atoms with Gasteiger partial charge in [-0.05, 0) is 25.3 Å². The number of likely N-dealkylation sites (tertiary alicyclic amines) is 1. The molecular formula is C26H36N4O5S. The Morgan fingerprint density at radius 3 is 2.58 bits per heavy atom. The van der Waals surface area contributed by atoms with Crippen LogP contribution in [0.5, 0.6) is 0 Å². The van der Waals surface area contributed by atoms with Crippen LogP contribution in [0.2, 0.25) is 0 Å². The van der Waals surface area contributed by atoms with E-state index in [2.05, 4.69) is 22.5 Å². The average molecular weight is 517 g/mol. The summed E-state index contributed by atoms with van der Waals surface area (Å²) in [7, 11) is 0. The van der Waals surface area contributed by atoms with Crippen LogP contribution in [-0.2, 0) is 25.7 Å². The summed E-state index contributed by atoms with van der Waals surface area (Å²) in [5, 5.41) is 15.8. The van der Waals surface area contributed by atoms with E-state index in [4.69, 9.17) is 4.74 Å². The van der Waals surface area contributed by atoms with Gasteiger partial charge in [0.2, 0.25) is 17.7 Å². The van der Waals surface area contributed by atoms with Crippen molar-refractivity contribution < 1.29 is 24.2 Å². The number of β-amino-alcohol motifs (C(OH)–C–C–N with tert-alkyl or cyclic N) is 1. The molecule has 0 aliphatic carbocycles. The number of morpholine rings is 1. The Labute approximate surface area is 216 Å². The number of aliphatic hydroxyl groups excluding tert-OH is 1. The molecule has 4 heterocycles. The second kappa shape index (κ2) is 10.3. The summed E-state index contributed by atoms with van der Waals surface area (Å²) in [5.74, 6) is -1.59. The number of aliphatic hydroxyl groups is 1. The number of rotatable bonds is 9. The summed E-state index contributed by atoms with van der Waals surface area (Å²) >= 11 is 1.65. The third kappa shape index (κ3) is 4.42. The number of carbonyl (C=O) groups excluding carboxylic acids is 3. The van der Waals surface area contributed by atoms with Gasteiger partial charge in [0.05, 0.1) is 36.4 Å². The highest BCUT2D eigenvalue weighted by atomic mass is 32.2. The normalized spacial score (nSPS) is 33.6. The first kappa shape index (κ1) is 25.5. The maximum Gasteiger partial charge on any atom is 0.244 e. The van der Waals surface area contributed by atoms with E-state index < -0.39 is 27.4 Å². The third-order valence-electron chi connectivity index (χ3n) is 8.29. The van der Waals surface area contributed by atoms with Crippen LogP contribution in [0.3, 0.4) is 0 Å². The standard InChI is InChI=1S/C26H36N4O5S/c1-25-7-8-26(36-25)20(19(25)22(32)28-17-18-5-3-2-4-6-18)24(34)30(11-14-31)21(26)23(33)27-9-10-29-12-15-35-16-13-29/h2-6,19-21,31H,7-17H2,1H3,(H,27,33)(H,28,32)/t19-,20-,21?,25+,26?/m0/s1. The Bertz CT molecular complexity index is 990. The Morgan fingerprint density at radius 1 is 1.11 bits per heavy atom. The predicted molar refractivity (Wildman–Crippen MR) is 136 cm³/mol. The van der Waals surface area contributed by atoms with Crippen molar-refractivity contribution in [3.05, 3.63) is 35.9 Å². The van der Waals surface area contributed by atoms with E-state index in [1.165, 1.54) is 4.90 Å². The van der Waals surface area contributed by atoms with Gasteiger partial charge < -0.3 is 25.4 Å². The second-order valence-corrected chi connectivity index (χ2v) is 12.3. The molecule has 3 N–H and O–H groups in total. The fraction of sp³-hybridized carbons (Fsp3) is 0.654. The van der Waals surface area contributed by atoms with Crippen LogP contribution < -0.4 is 10.6 Å². The first-order valence-corrected chi connectivity index (χ1v) is 13.7. The summed E-state index contributed by atoms with van der Waals surface area (Å²) in [6, 6.07) is 9.02. The van der Waals surface area contributed by atoms with Gasteiger partial charge in [0.25, 0.3) is 0 Å². The summed E-state index contributed by atoms with van der Waals surface area (Å²) in [4.78, 5) is 44.6. The van der Waals surface area contributed by atoms with E-state index in [1.54, 1.807) is 11.8 Å². The second-order valence-electron chi connectivity index (χ2n) is 10.4. The van der Waals surface area contributed by atoms with Crippen LogP contribution in [-0.4, -0.2) is 101 Å². The number of carbonyl (C=O) groups is 3. The maximum absolute atomic E-state index is 13.7. The molecule has 4 fully saturated rings. The number of fused-ring (bicyclic) bond motifs is 1. The minimum Gasteiger partial charge on any atom is -0.395 e. The average Bonchev–Trinajstić information content (AvgIpc) is 3.45. The number of nitrogens with zero attached hydrogens (tertiary/aromatic N) is 2. The molecule has 0 saturated carbocycles. The lowest BCUT2D eigenvalue weighted by Crippen LogP contribution is -2.55. The Balaban J connectivity index is 1.33. The summed E-state index contributed by atoms with van der Waals surface area (Å²) < 4.78 is 4.33. The minimum atomic E-state index is -0.689. The molecule has 2 unspecified atom stereocenters. The van der Waals surface area contributed by atoms with Crippen molar-refractivity contribution in [2.75, 3.05) is 52.5 Å². The first-order valence-electron chi connectivity index (χ1n) is 12.9. The predicted octanol–water partition coefficient (Wildman–Crippen LogP) is 0.225. The van der Waals surface area contributed by atoms with Crippen LogP contribution in [0.15, 0.2) is 30.3 Å². The van der Waals surface area contributed by atoms with E-state index in [1.807, 2.05) is 30.3 Å². The molecule has 4 aliphatic rings. The van der Waals surface area contributed by atoms with Gasteiger partial charge >= 0.3 is 0 Å². The topological polar surface area (TPSA) is 111 Å². The molecule has 1 aromatic rings. The number of thioether (sulfide) groups is 1. The maximum atomic E-state index is 13.7. The fourth-order valence-electron chi connectivity index (χ4n) is 6.63. The smallest absolute Gasteiger partial charge is 0.244 e. The molecule has 5 rings (SSSR count). The summed E-state index contributed by atoms with van der Waals surface area (Å²) in [6.45, 7) is 6.62. The van der Waals surface area contributed by atoms with Gasteiger partial charge in [0.1, 0.15) is 6.04 Å². The molecular weight excluding hydrogens is 480 g/mol. The van der Waals surface area contributed by atoms with E-state index in [9.17, 15) is 19.5 Å². The van der Waals surface area contributed by atoms with Crippen molar-refractivity contribution in [3.8, 4) is 0 Å². The lowest BCUT2D eigenvalue weighted by atomic mass is 9.66. The van der Waals surface area contributed by atoms with E-state index in [0.29, 0.717) is 32.7 Å². The summed E-state index contributed by atoms with van der Waals surface area (Å²) in [6.07, 6.45) is 1.48. The Morgan fingerprint density at radius 2 is 1.86 bits per heavy atom. The number of amides is 3. The van der Waals surface area contributed by atoms with Crippen molar-refractivity contribution in [1.82, 2.24) is 20.4 Å². The van der Waals surface area contributed by atoms with Crippen molar-refractivity contribution in [1.29, 1.82) is 0 Å². The van der Waals surface area contributed by atoms with Gasteiger partial charge in [-0.25, -0.2) is 0 Å². The molecule has 36 heavy (non-hydrogen) atoms. The molecule has 4 aliphatic heterocycles. The number of nitrogens with one attached hydrogen (secondary N) is 2. The minimum absolute atomic E-state index is 0.0915. The lowest BCUT2D eigenvalue weighted by molar-refractivity contribution is -0.141. The van der Waals surface area contributed by atoms with Gasteiger partial charge in [-0.2, -0.15) is 0 Å². The number of hydrogen-bond donors (Lipinski definition) is 3. The quantitative estimate of drug-likeness (QED) is 0.431. The van der Waals surface area contributed by atoms with Crippen LogP contribution in [0.4, 0.5) is 0 Å². The Hall–Kier alpha value is -2.14. The molecule has 196 valence electrons. The van der Waals surface area contributed by atoms with Crippen molar-refractivity contribution in [2.24, 2.45) is 11.8 Å². The number of benzene rings is 1. The lowest BCUT2D eigenvalue weighted by Gasteiger charge is -2.35. The van der Waals surface area contributed by atoms with Gasteiger partial charge in [-0.1, -0.05) is 30.3 Å². The zero-order chi connectivity index (χ0) is 25.3. The SMILES string of the molecule is C[C@]12CCC3(S1)C(C(=O)NCCN1CCOCC1)N(CCO)C(=O)[C@@H]3[C@H]2C(=O)NCc1ccccc1. The molecule has 0 aromatic heterocycles. The van der Waals surface area contributed by atoms with Crippen LogP contribution in [0.1, 0.15) is 25.3 Å². The molecule has 4 saturated heterocycles. The molecule has 2 bridgehead atoms. The molecule has 1 aromatic carbocycles. The largest absolute Gasteiger partial charge is 0.395 e. The highest BCUT2D eigenvalue weighted by Crippen LogP contribution is 2.71. The van der Waals surface area contributed by atoms with Crippen molar-refractivity contribution >= 4 is 29.5 Å². The molecule has 0 radical (unpaired) electrons. The van der Waals surface area contributed by atoms with E-state index in [0.717, 1.165) is 31.6 Å². The monoisotopic (exact) mass is 516 g/mol. The van der Waals surface area contributed by atoms with Crippen molar-refractivity contribution in [3.63, 3.8) is 0 Å². The van der Waals surface area contributed by atoms with Gasteiger partial charge in [0.15, 0.2) is 0 Å². The molecule has 10 heteroatoms. The fourth-order valence-corrected chi connectivity index (χ4v) is 8.99. The molecule has 5 atom stereocenters. The van der Waals surface area contributed by atoms with E-state index in [-0.39, 0.29) is 30.9 Å². The zero-order valence-corrected chi connectivity index (χ0v) is 21.6. The van der Waals surface area contributed by atoms with Crippen LogP contribution in [0, 0.1) is 11.8 Å². The van der Waals surface area contributed by atoms with Crippen LogP contribution in [0.25, 0.3) is 0 Å². The van der Waals surface area contributed by atoms with Gasteiger partial charge in [0, 0.05) is 44.0 Å². The molecule has 3 amide bonds. The molecule has 9 nitrogen and oxygen atoms in total. The van der Waals surface area contributed by atoms with Gasteiger partial charge in [-0.3, -0.25) is 19.3 Å².